The molecule has 0 aromatic heterocycles. The molecule has 0 unspecified atom stereocenters. The lowest BCUT2D eigenvalue weighted by Gasteiger charge is -2.52. The molecule has 1 saturated heterocycles. The third-order valence-corrected chi connectivity index (χ3v) is 9.31. The number of rotatable bonds is 4. The van der Waals surface area contributed by atoms with Gasteiger partial charge in [-0.2, -0.15) is 0 Å². The number of ether oxygens (including phenoxy) is 3. The first-order valence-corrected chi connectivity index (χ1v) is 12.4. The average Bonchev–Trinajstić information content (AvgIpc) is 3.11. The SMILES string of the molecule is COc1cc2c(cc1OC)[C@H](C)N(C[C@H]1C(=O)O[C@@H]3CC4=CCC[C@@H](C)[C@@]4(C)[C@H](O)[C@H]31)CC2. The molecule has 2 aliphatic carbocycles. The summed E-state index contributed by atoms with van der Waals surface area (Å²) in [5, 5.41) is 11.6. The predicted octanol–water partition coefficient (Wildman–Crippen LogP) is 3.91. The highest BCUT2D eigenvalue weighted by molar-refractivity contribution is 5.76. The van der Waals surface area contributed by atoms with E-state index in [1.807, 2.05) is 0 Å². The molecule has 33 heavy (non-hydrogen) atoms. The molecule has 6 heteroatoms. The molecule has 5 rings (SSSR count). The largest absolute Gasteiger partial charge is 0.493 e. The minimum Gasteiger partial charge on any atom is -0.493 e. The lowest BCUT2D eigenvalue weighted by Crippen LogP contribution is -2.55. The number of carbonyl (C=O) groups is 1. The van der Waals surface area contributed by atoms with E-state index >= 15 is 0 Å². The first-order valence-electron chi connectivity index (χ1n) is 12.4. The zero-order valence-electron chi connectivity index (χ0n) is 20.5. The van der Waals surface area contributed by atoms with E-state index in [4.69, 9.17) is 14.2 Å². The van der Waals surface area contributed by atoms with Gasteiger partial charge in [-0.25, -0.2) is 0 Å². The van der Waals surface area contributed by atoms with E-state index in [2.05, 4.69) is 43.9 Å². The Bertz CT molecular complexity index is 974. The molecule has 1 saturated carbocycles. The first kappa shape index (κ1) is 22.7. The fraction of sp³-hybridized carbons (Fsp3) is 0.667. The number of carbonyl (C=O) groups excluding carboxylic acids is 1. The summed E-state index contributed by atoms with van der Waals surface area (Å²) in [7, 11) is 3.32. The quantitative estimate of drug-likeness (QED) is 0.549. The van der Waals surface area contributed by atoms with Crippen LogP contribution in [0.3, 0.4) is 0 Å². The van der Waals surface area contributed by atoms with Gasteiger partial charge in [0.05, 0.1) is 26.2 Å². The number of hydrogen-bond acceptors (Lipinski definition) is 6. The lowest BCUT2D eigenvalue weighted by molar-refractivity contribution is -0.145. The number of esters is 1. The number of aliphatic hydroxyl groups excluding tert-OH is 1. The number of methoxy groups -OCH3 is 2. The second-order valence-electron chi connectivity index (χ2n) is 10.6. The third-order valence-electron chi connectivity index (χ3n) is 9.31. The van der Waals surface area contributed by atoms with Gasteiger partial charge < -0.3 is 19.3 Å². The van der Waals surface area contributed by atoms with Crippen molar-refractivity contribution in [2.45, 2.75) is 64.7 Å². The fourth-order valence-electron chi connectivity index (χ4n) is 6.97. The average molecular weight is 456 g/mol. The molecular formula is C27H37NO5. The summed E-state index contributed by atoms with van der Waals surface area (Å²) in [5.74, 6) is 1.27. The van der Waals surface area contributed by atoms with Crippen molar-refractivity contribution in [2.24, 2.45) is 23.2 Å². The van der Waals surface area contributed by atoms with E-state index < -0.39 is 6.10 Å². The maximum atomic E-state index is 13.1. The first-order chi connectivity index (χ1) is 15.8. The molecule has 6 nitrogen and oxygen atoms in total. The zero-order valence-corrected chi connectivity index (χ0v) is 20.5. The van der Waals surface area contributed by atoms with Crippen molar-refractivity contribution in [3.05, 3.63) is 34.9 Å². The molecule has 1 N–H and O–H groups in total. The molecule has 4 aliphatic rings. The van der Waals surface area contributed by atoms with Gasteiger partial charge in [0.15, 0.2) is 11.5 Å². The van der Waals surface area contributed by atoms with Gasteiger partial charge >= 0.3 is 5.97 Å². The molecule has 0 amide bonds. The zero-order chi connectivity index (χ0) is 23.5. The van der Waals surface area contributed by atoms with Crippen LogP contribution in [0, 0.1) is 23.2 Å². The van der Waals surface area contributed by atoms with E-state index in [9.17, 15) is 9.90 Å². The molecule has 1 aromatic rings. The van der Waals surface area contributed by atoms with Crippen molar-refractivity contribution in [3.8, 4) is 11.5 Å². The summed E-state index contributed by atoms with van der Waals surface area (Å²) in [5.41, 5.74) is 3.49. The van der Waals surface area contributed by atoms with Crippen LogP contribution in [0.25, 0.3) is 0 Å². The molecule has 0 spiro atoms. The Morgan fingerprint density at radius 1 is 1.21 bits per heavy atom. The Morgan fingerprint density at radius 3 is 2.67 bits per heavy atom. The van der Waals surface area contributed by atoms with Gasteiger partial charge in [-0.05, 0) is 55.4 Å². The van der Waals surface area contributed by atoms with E-state index in [-0.39, 0.29) is 35.4 Å². The molecule has 2 heterocycles. The number of fused-ring (bicyclic) bond motifs is 3. The summed E-state index contributed by atoms with van der Waals surface area (Å²) >= 11 is 0. The number of aliphatic hydroxyl groups is 1. The maximum absolute atomic E-state index is 13.1. The van der Waals surface area contributed by atoms with Gasteiger partial charge in [0.1, 0.15) is 6.10 Å². The van der Waals surface area contributed by atoms with Gasteiger partial charge in [-0.3, -0.25) is 9.69 Å². The monoisotopic (exact) mass is 455 g/mol. The number of nitrogens with zero attached hydrogens (tertiary/aromatic N) is 1. The minimum atomic E-state index is -0.564. The Labute approximate surface area is 196 Å². The second-order valence-corrected chi connectivity index (χ2v) is 10.6. The summed E-state index contributed by atoms with van der Waals surface area (Å²) in [6.45, 7) is 8.09. The molecule has 2 fully saturated rings. The van der Waals surface area contributed by atoms with Crippen LogP contribution in [0.2, 0.25) is 0 Å². The van der Waals surface area contributed by atoms with Crippen molar-refractivity contribution < 1.29 is 24.1 Å². The summed E-state index contributed by atoms with van der Waals surface area (Å²) < 4.78 is 16.9. The maximum Gasteiger partial charge on any atom is 0.311 e. The van der Waals surface area contributed by atoms with Crippen molar-refractivity contribution in [1.82, 2.24) is 4.90 Å². The number of hydrogen-bond donors (Lipinski definition) is 1. The van der Waals surface area contributed by atoms with E-state index in [1.54, 1.807) is 14.2 Å². The van der Waals surface area contributed by atoms with Gasteiger partial charge in [-0.1, -0.05) is 25.5 Å². The van der Waals surface area contributed by atoms with Crippen LogP contribution in [-0.4, -0.2) is 55.5 Å². The van der Waals surface area contributed by atoms with Crippen LogP contribution >= 0.6 is 0 Å². The van der Waals surface area contributed by atoms with Crippen molar-refractivity contribution >= 4 is 5.97 Å². The van der Waals surface area contributed by atoms with Crippen LogP contribution in [0.5, 0.6) is 11.5 Å². The van der Waals surface area contributed by atoms with E-state index in [0.29, 0.717) is 12.5 Å². The topological polar surface area (TPSA) is 68.2 Å². The number of benzene rings is 1. The molecule has 2 aliphatic heterocycles. The molecular weight excluding hydrogens is 418 g/mol. The Kier molecular flexibility index (Phi) is 5.73. The standard InChI is InChI=1S/C27H37NO5/c1-15-7-6-8-18-12-23-24(25(29)27(15,18)3)20(26(30)33-23)14-28-10-9-17-11-21(31-4)22(32-5)13-19(17)16(28)2/h8,11,13,15-16,20,23-25,29H,6-7,9-10,12,14H2,1-5H3/t15-,16+,20-,23-,24+,25-,27-/m1/s1. The minimum absolute atomic E-state index is 0.140. The highest BCUT2D eigenvalue weighted by Gasteiger charge is 2.60. The van der Waals surface area contributed by atoms with Gasteiger partial charge in [0.2, 0.25) is 0 Å². The highest BCUT2D eigenvalue weighted by atomic mass is 16.6. The highest BCUT2D eigenvalue weighted by Crippen LogP contribution is 2.56. The summed E-state index contributed by atoms with van der Waals surface area (Å²) in [6.07, 6.45) is 5.29. The van der Waals surface area contributed by atoms with E-state index in [1.165, 1.54) is 16.7 Å². The van der Waals surface area contributed by atoms with Crippen molar-refractivity contribution in [1.29, 1.82) is 0 Å². The van der Waals surface area contributed by atoms with Gasteiger partial charge in [0.25, 0.3) is 0 Å². The summed E-state index contributed by atoms with van der Waals surface area (Å²) in [4.78, 5) is 15.4. The lowest BCUT2D eigenvalue weighted by atomic mass is 9.55. The molecule has 7 atom stereocenters. The Balaban J connectivity index is 1.40. The second kappa shape index (κ2) is 8.31. The summed E-state index contributed by atoms with van der Waals surface area (Å²) in [6, 6.07) is 4.28. The molecule has 0 radical (unpaired) electrons. The predicted molar refractivity (Wildman–Crippen MR) is 125 cm³/mol. The van der Waals surface area contributed by atoms with Crippen molar-refractivity contribution in [3.63, 3.8) is 0 Å². The van der Waals surface area contributed by atoms with Crippen LogP contribution in [0.4, 0.5) is 0 Å². The van der Waals surface area contributed by atoms with Gasteiger partial charge in [-0.15, -0.1) is 0 Å². The van der Waals surface area contributed by atoms with Gasteiger partial charge in [0, 0.05) is 36.9 Å². The third kappa shape index (κ3) is 3.40. The molecule has 0 bridgehead atoms. The van der Waals surface area contributed by atoms with Crippen LogP contribution < -0.4 is 9.47 Å². The van der Waals surface area contributed by atoms with Crippen molar-refractivity contribution in [2.75, 3.05) is 27.3 Å². The van der Waals surface area contributed by atoms with E-state index in [0.717, 1.165) is 43.7 Å². The molecule has 1 aromatic carbocycles. The Morgan fingerprint density at radius 2 is 1.94 bits per heavy atom. The van der Waals surface area contributed by atoms with Crippen LogP contribution in [-0.2, 0) is 16.0 Å². The smallest absolute Gasteiger partial charge is 0.311 e. The fourth-order valence-corrected chi connectivity index (χ4v) is 6.97. The van der Waals surface area contributed by atoms with Crippen LogP contribution in [0.1, 0.15) is 57.2 Å². The Hall–Kier alpha value is -2.05. The number of allylic oxidation sites excluding steroid dienone is 1. The normalized spacial score (nSPS) is 38.0. The van der Waals surface area contributed by atoms with Crippen LogP contribution in [0.15, 0.2) is 23.8 Å². The molecule has 180 valence electrons.